The molecular weight excluding hydrogens is 559 g/mol. The number of carboxylic acid groups (broad SMARTS) is 1. The normalized spacial score (nSPS) is 15.3. The molecule has 5 N–H and O–H groups in total. The largest absolute Gasteiger partial charge is 0.497 e. The van der Waals surface area contributed by atoms with Gasteiger partial charge >= 0.3 is 5.97 Å². The fourth-order valence-corrected chi connectivity index (χ4v) is 4.35. The van der Waals surface area contributed by atoms with Gasteiger partial charge in [-0.15, -0.1) is 0 Å². The molecule has 1 aliphatic heterocycles. The maximum Gasteiger partial charge on any atom is 0.303 e. The summed E-state index contributed by atoms with van der Waals surface area (Å²) in [6.45, 7) is 3.45. The third-order valence-corrected chi connectivity index (χ3v) is 6.99. The molecule has 12 heteroatoms. The molecule has 1 fully saturated rings. The van der Waals surface area contributed by atoms with Crippen LogP contribution in [0.2, 0.25) is 10.0 Å². The van der Waals surface area contributed by atoms with Gasteiger partial charge in [0.25, 0.3) is 0 Å². The van der Waals surface area contributed by atoms with Crippen LogP contribution < -0.4 is 25.8 Å². The number of halogens is 2. The van der Waals surface area contributed by atoms with E-state index in [0.717, 1.165) is 49.4 Å². The third-order valence-electron chi connectivity index (χ3n) is 6.25. The number of methoxy groups -OCH3 is 1. The standard InChI is InChI=1S/C16H25N3O3.C12H13Cl2NO3/c1-21-15-2-4-16(5-3-15)22-11-14(6-8-18-12-20)19-9-7-13(17)10-19;13-9-5-4-8(6-10(9)14)7-15-11(16)2-1-3-12(17)18/h2-5,12-14H,6-11,17H2,1H3,(H,18,20);4-6H,1-3,7H2,(H,15,16)(H,17,18). The van der Waals surface area contributed by atoms with Crippen LogP contribution >= 0.6 is 23.2 Å². The summed E-state index contributed by atoms with van der Waals surface area (Å²) in [5.41, 5.74) is 6.83. The summed E-state index contributed by atoms with van der Waals surface area (Å²) < 4.78 is 11.0. The van der Waals surface area contributed by atoms with Crippen LogP contribution in [0.25, 0.3) is 0 Å². The van der Waals surface area contributed by atoms with E-state index in [-0.39, 0.29) is 30.8 Å². The van der Waals surface area contributed by atoms with Crippen molar-refractivity contribution in [2.24, 2.45) is 5.73 Å². The van der Waals surface area contributed by atoms with Crippen molar-refractivity contribution in [3.63, 3.8) is 0 Å². The summed E-state index contributed by atoms with van der Waals surface area (Å²) in [4.78, 5) is 34.4. The summed E-state index contributed by atoms with van der Waals surface area (Å²) in [5.74, 6) is 0.553. The molecule has 0 aromatic heterocycles. The molecule has 0 aliphatic carbocycles. The van der Waals surface area contributed by atoms with Gasteiger partial charge in [0.1, 0.15) is 18.1 Å². The Morgan fingerprint density at radius 3 is 2.48 bits per heavy atom. The van der Waals surface area contributed by atoms with E-state index in [9.17, 15) is 14.4 Å². The number of carbonyl (C=O) groups excluding carboxylic acids is 2. The van der Waals surface area contributed by atoms with Gasteiger partial charge in [0, 0.05) is 51.1 Å². The highest BCUT2D eigenvalue weighted by Crippen LogP contribution is 2.22. The smallest absolute Gasteiger partial charge is 0.303 e. The lowest BCUT2D eigenvalue weighted by Gasteiger charge is -2.27. The van der Waals surface area contributed by atoms with Crippen molar-refractivity contribution in [1.29, 1.82) is 0 Å². The number of nitrogens with two attached hydrogens (primary N) is 1. The summed E-state index contributed by atoms with van der Waals surface area (Å²) in [6.07, 6.45) is 3.13. The predicted molar refractivity (Wildman–Crippen MR) is 155 cm³/mol. The summed E-state index contributed by atoms with van der Waals surface area (Å²) in [6, 6.07) is 13.2. The van der Waals surface area contributed by atoms with E-state index in [1.165, 1.54) is 0 Å². The highest BCUT2D eigenvalue weighted by Gasteiger charge is 2.26. The zero-order valence-corrected chi connectivity index (χ0v) is 24.1. The zero-order valence-electron chi connectivity index (χ0n) is 22.6. The molecule has 2 unspecified atom stereocenters. The first-order valence-corrected chi connectivity index (χ1v) is 13.8. The molecule has 2 amide bonds. The minimum absolute atomic E-state index is 0.000192. The van der Waals surface area contributed by atoms with Gasteiger partial charge in [-0.1, -0.05) is 29.3 Å². The van der Waals surface area contributed by atoms with Crippen molar-refractivity contribution in [2.75, 3.05) is 33.4 Å². The Morgan fingerprint density at radius 2 is 1.88 bits per heavy atom. The van der Waals surface area contributed by atoms with Crippen LogP contribution in [-0.2, 0) is 20.9 Å². The number of amides is 2. The maximum atomic E-state index is 11.4. The molecule has 2 aromatic carbocycles. The fourth-order valence-electron chi connectivity index (χ4n) is 4.03. The first-order chi connectivity index (χ1) is 19.2. The molecule has 0 saturated carbocycles. The van der Waals surface area contributed by atoms with Gasteiger partial charge in [-0.2, -0.15) is 0 Å². The van der Waals surface area contributed by atoms with Gasteiger partial charge in [0.05, 0.1) is 17.2 Å². The molecule has 1 saturated heterocycles. The average molecular weight is 598 g/mol. The third kappa shape index (κ3) is 12.9. The van der Waals surface area contributed by atoms with Crippen LogP contribution in [0.4, 0.5) is 0 Å². The van der Waals surface area contributed by atoms with Gasteiger partial charge in [-0.3, -0.25) is 19.3 Å². The summed E-state index contributed by atoms with van der Waals surface area (Å²) in [7, 11) is 1.64. The lowest BCUT2D eigenvalue weighted by Crippen LogP contribution is -2.41. The van der Waals surface area contributed by atoms with E-state index in [1.54, 1.807) is 25.3 Å². The maximum absolute atomic E-state index is 11.4. The molecule has 0 radical (unpaired) electrons. The molecule has 1 heterocycles. The number of likely N-dealkylation sites (tertiary alicyclic amines) is 1. The van der Waals surface area contributed by atoms with Gasteiger partial charge < -0.3 is 30.9 Å². The fraction of sp³-hybridized carbons (Fsp3) is 0.464. The van der Waals surface area contributed by atoms with Crippen molar-refractivity contribution in [3.8, 4) is 11.5 Å². The summed E-state index contributed by atoms with van der Waals surface area (Å²) >= 11 is 11.6. The van der Waals surface area contributed by atoms with Crippen LogP contribution in [-0.4, -0.2) is 73.7 Å². The number of benzene rings is 2. The molecule has 40 heavy (non-hydrogen) atoms. The second kappa shape index (κ2) is 18.3. The van der Waals surface area contributed by atoms with Crippen molar-refractivity contribution in [1.82, 2.24) is 15.5 Å². The molecule has 220 valence electrons. The van der Waals surface area contributed by atoms with E-state index in [4.69, 9.17) is 43.5 Å². The highest BCUT2D eigenvalue weighted by molar-refractivity contribution is 6.42. The average Bonchev–Trinajstić information content (AvgIpc) is 3.37. The Kier molecular flexibility index (Phi) is 15.2. The number of carbonyl (C=O) groups is 3. The lowest BCUT2D eigenvalue weighted by molar-refractivity contribution is -0.137. The first kappa shape index (κ1) is 33.2. The first-order valence-electron chi connectivity index (χ1n) is 13.1. The molecule has 2 atom stereocenters. The minimum Gasteiger partial charge on any atom is -0.497 e. The monoisotopic (exact) mass is 596 g/mol. The number of hydrogen-bond donors (Lipinski definition) is 4. The van der Waals surface area contributed by atoms with Crippen LogP contribution in [0.1, 0.15) is 37.7 Å². The number of hydrogen-bond acceptors (Lipinski definition) is 7. The van der Waals surface area contributed by atoms with Gasteiger partial charge in [-0.25, -0.2) is 0 Å². The van der Waals surface area contributed by atoms with Crippen LogP contribution in [0, 0.1) is 0 Å². The van der Waals surface area contributed by atoms with Crippen molar-refractivity contribution in [3.05, 3.63) is 58.1 Å². The van der Waals surface area contributed by atoms with E-state index < -0.39 is 5.97 Å². The van der Waals surface area contributed by atoms with Crippen LogP contribution in [0.3, 0.4) is 0 Å². The lowest BCUT2D eigenvalue weighted by atomic mass is 10.2. The van der Waals surface area contributed by atoms with Gasteiger partial charge in [-0.05, 0) is 61.2 Å². The van der Waals surface area contributed by atoms with Crippen molar-refractivity contribution < 1.29 is 29.0 Å². The van der Waals surface area contributed by atoms with E-state index in [2.05, 4.69) is 15.5 Å². The van der Waals surface area contributed by atoms with E-state index in [0.29, 0.717) is 36.2 Å². The number of carboxylic acids is 1. The Bertz CT molecular complexity index is 1070. The van der Waals surface area contributed by atoms with Crippen LogP contribution in [0.15, 0.2) is 42.5 Å². The summed E-state index contributed by atoms with van der Waals surface area (Å²) in [5, 5.41) is 14.7. The topological polar surface area (TPSA) is 143 Å². The Balaban J connectivity index is 0.000000286. The van der Waals surface area contributed by atoms with Crippen molar-refractivity contribution in [2.45, 2.75) is 50.7 Å². The van der Waals surface area contributed by atoms with E-state index >= 15 is 0 Å². The molecule has 3 rings (SSSR count). The molecule has 1 aliphatic rings. The molecule has 10 nitrogen and oxygen atoms in total. The number of aliphatic carboxylic acids is 1. The number of ether oxygens (including phenoxy) is 2. The predicted octanol–water partition coefficient (Wildman–Crippen LogP) is 3.48. The van der Waals surface area contributed by atoms with E-state index in [1.807, 2.05) is 24.3 Å². The highest BCUT2D eigenvalue weighted by atomic mass is 35.5. The van der Waals surface area contributed by atoms with Gasteiger partial charge in [0.2, 0.25) is 12.3 Å². The quantitative estimate of drug-likeness (QED) is 0.181. The minimum atomic E-state index is -0.896. The molecule has 2 aromatic rings. The molecule has 0 bridgehead atoms. The van der Waals surface area contributed by atoms with Crippen molar-refractivity contribution >= 4 is 41.5 Å². The zero-order chi connectivity index (χ0) is 29.3. The molecular formula is C28H38Cl2N4O6. The second-order valence-electron chi connectivity index (χ2n) is 9.32. The number of rotatable bonds is 15. The SMILES string of the molecule is COc1ccc(OCC(CCNC=O)N2CCC(N)C2)cc1.O=C(O)CCCC(=O)NCc1ccc(Cl)c(Cl)c1. The number of nitrogens with zero attached hydrogens (tertiary/aromatic N) is 1. The second-order valence-corrected chi connectivity index (χ2v) is 10.1. The number of nitrogens with one attached hydrogen (secondary N) is 2. The Morgan fingerprint density at radius 1 is 1.15 bits per heavy atom. The Labute approximate surface area is 245 Å². The van der Waals surface area contributed by atoms with Crippen LogP contribution in [0.5, 0.6) is 11.5 Å². The molecule has 0 spiro atoms. The van der Waals surface area contributed by atoms with Gasteiger partial charge in [0.15, 0.2) is 0 Å². The Hall–Kier alpha value is -3.05.